The molecule has 0 aliphatic carbocycles. The predicted molar refractivity (Wildman–Crippen MR) is 181 cm³/mol. The molecule has 0 fully saturated rings. The van der Waals surface area contributed by atoms with E-state index in [2.05, 4.69) is 125 Å². The van der Waals surface area contributed by atoms with Crippen LogP contribution >= 0.6 is 0 Å². The Hall–Kier alpha value is -6.00. The molecule has 0 spiro atoms. The monoisotopic (exact) mass is 560 g/mol. The lowest BCUT2D eigenvalue weighted by molar-refractivity contribution is 1.15. The van der Waals surface area contributed by atoms with Gasteiger partial charge in [-0.1, -0.05) is 103 Å². The van der Waals surface area contributed by atoms with E-state index in [4.69, 9.17) is 9.97 Å². The predicted octanol–water partition coefficient (Wildman–Crippen LogP) is 10.0. The van der Waals surface area contributed by atoms with Crippen molar-refractivity contribution < 1.29 is 0 Å². The van der Waals surface area contributed by atoms with Crippen LogP contribution in [0.15, 0.2) is 146 Å². The van der Waals surface area contributed by atoms with Crippen molar-refractivity contribution in [3.8, 4) is 33.6 Å². The van der Waals surface area contributed by atoms with Crippen molar-refractivity contribution in [2.75, 3.05) is 0 Å². The first-order valence-corrected chi connectivity index (χ1v) is 14.7. The maximum absolute atomic E-state index is 4.87. The molecule has 9 rings (SSSR count). The topological polar surface area (TPSA) is 51.6 Å². The summed E-state index contributed by atoms with van der Waals surface area (Å²) < 4.78 is 0. The third-order valence-corrected chi connectivity index (χ3v) is 8.71. The first-order valence-electron chi connectivity index (χ1n) is 14.7. The molecule has 4 heteroatoms. The Labute approximate surface area is 253 Å². The molecule has 4 nitrogen and oxygen atoms in total. The molecular formula is C40H24N4. The maximum atomic E-state index is 4.87. The Kier molecular flexibility index (Phi) is 5.47. The summed E-state index contributed by atoms with van der Waals surface area (Å²) in [5.41, 5.74) is 5.25. The first kappa shape index (κ1) is 24.6. The minimum Gasteiger partial charge on any atom is -0.244 e. The van der Waals surface area contributed by atoms with Gasteiger partial charge >= 0.3 is 0 Å². The zero-order valence-electron chi connectivity index (χ0n) is 23.6. The molecule has 0 unspecified atom stereocenters. The normalized spacial score (nSPS) is 11.6. The summed E-state index contributed by atoms with van der Waals surface area (Å²) >= 11 is 0. The summed E-state index contributed by atoms with van der Waals surface area (Å²) in [5.74, 6) is 0.695. The minimum absolute atomic E-state index is 0.695. The Bertz CT molecular complexity index is 2480. The number of nitrogens with zero attached hydrogens (tertiary/aromatic N) is 4. The Balaban J connectivity index is 1.32. The Morgan fingerprint density at radius 1 is 0.364 bits per heavy atom. The summed E-state index contributed by atoms with van der Waals surface area (Å²) in [6, 6.07) is 41.7. The number of hydrogen-bond acceptors (Lipinski definition) is 4. The van der Waals surface area contributed by atoms with E-state index in [0.29, 0.717) is 5.82 Å². The second-order valence-corrected chi connectivity index (χ2v) is 11.2. The van der Waals surface area contributed by atoms with Gasteiger partial charge in [-0.2, -0.15) is 0 Å². The third-order valence-electron chi connectivity index (χ3n) is 8.71. The van der Waals surface area contributed by atoms with Crippen LogP contribution in [-0.4, -0.2) is 19.9 Å². The summed E-state index contributed by atoms with van der Waals surface area (Å²) in [7, 11) is 0. The van der Waals surface area contributed by atoms with Gasteiger partial charge < -0.3 is 0 Å². The van der Waals surface area contributed by atoms with Gasteiger partial charge in [0.05, 0.1) is 0 Å². The van der Waals surface area contributed by atoms with Crippen LogP contribution in [0.1, 0.15) is 0 Å². The van der Waals surface area contributed by atoms with E-state index in [1.807, 2.05) is 12.4 Å². The molecule has 0 bridgehead atoms. The van der Waals surface area contributed by atoms with Crippen LogP contribution in [0.3, 0.4) is 0 Å². The van der Waals surface area contributed by atoms with Crippen molar-refractivity contribution in [3.63, 3.8) is 0 Å². The highest BCUT2D eigenvalue weighted by atomic mass is 14.9. The van der Waals surface area contributed by atoms with Crippen LogP contribution < -0.4 is 0 Å². The molecule has 0 aliphatic heterocycles. The first-order chi connectivity index (χ1) is 21.8. The lowest BCUT2D eigenvalue weighted by Crippen LogP contribution is -1.95. The second kappa shape index (κ2) is 9.79. The van der Waals surface area contributed by atoms with Gasteiger partial charge in [-0.05, 0) is 77.1 Å². The van der Waals surface area contributed by atoms with E-state index in [-0.39, 0.29) is 0 Å². The van der Waals surface area contributed by atoms with E-state index >= 15 is 0 Å². The zero-order chi connectivity index (χ0) is 29.0. The average molecular weight is 561 g/mol. The fourth-order valence-electron chi connectivity index (χ4n) is 6.71. The van der Waals surface area contributed by atoms with Crippen LogP contribution in [0.2, 0.25) is 0 Å². The maximum Gasteiger partial charge on any atom is 0.160 e. The largest absolute Gasteiger partial charge is 0.244 e. The van der Waals surface area contributed by atoms with Crippen molar-refractivity contribution in [1.29, 1.82) is 0 Å². The highest BCUT2D eigenvalue weighted by Crippen LogP contribution is 2.45. The molecule has 204 valence electrons. The molecule has 9 aromatic rings. The molecule has 44 heavy (non-hydrogen) atoms. The van der Waals surface area contributed by atoms with Gasteiger partial charge in [-0.15, -0.1) is 0 Å². The molecule has 0 saturated heterocycles. The molecule has 7 aromatic carbocycles. The minimum atomic E-state index is 0.695. The van der Waals surface area contributed by atoms with Crippen LogP contribution in [0, 0.1) is 0 Å². The quantitative estimate of drug-likeness (QED) is 0.159. The fourth-order valence-corrected chi connectivity index (χ4v) is 6.71. The number of fused-ring (bicyclic) bond motifs is 6. The molecule has 0 amide bonds. The highest BCUT2D eigenvalue weighted by Gasteiger charge is 2.19. The summed E-state index contributed by atoms with van der Waals surface area (Å²) in [6.45, 7) is 0. The van der Waals surface area contributed by atoms with E-state index < -0.39 is 0 Å². The molecule has 0 atom stereocenters. The van der Waals surface area contributed by atoms with Crippen LogP contribution in [0.5, 0.6) is 0 Å². The van der Waals surface area contributed by atoms with Crippen molar-refractivity contribution >= 4 is 53.9 Å². The molecule has 0 radical (unpaired) electrons. The molecule has 0 saturated carbocycles. The van der Waals surface area contributed by atoms with Gasteiger partial charge in [0.15, 0.2) is 5.82 Å². The Morgan fingerprint density at radius 3 is 1.61 bits per heavy atom. The van der Waals surface area contributed by atoms with Gasteiger partial charge in [-0.25, -0.2) is 19.9 Å². The molecule has 2 aromatic heterocycles. The van der Waals surface area contributed by atoms with E-state index in [0.717, 1.165) is 27.5 Å². The number of rotatable bonds is 3. The fraction of sp³-hybridized carbons (Fsp3) is 0. The average Bonchev–Trinajstić information content (AvgIpc) is 3.10. The molecule has 0 N–H and O–H groups in total. The number of benzene rings is 7. The summed E-state index contributed by atoms with van der Waals surface area (Å²) in [5, 5.41) is 12.1. The van der Waals surface area contributed by atoms with Crippen LogP contribution in [-0.2, 0) is 0 Å². The zero-order valence-corrected chi connectivity index (χ0v) is 23.6. The second-order valence-electron chi connectivity index (χ2n) is 11.2. The van der Waals surface area contributed by atoms with E-state index in [9.17, 15) is 0 Å². The number of aromatic nitrogens is 4. The molecular weight excluding hydrogens is 536 g/mol. The van der Waals surface area contributed by atoms with Crippen molar-refractivity contribution in [3.05, 3.63) is 146 Å². The third kappa shape index (κ3) is 3.78. The lowest BCUT2D eigenvalue weighted by Gasteiger charge is -2.18. The van der Waals surface area contributed by atoms with E-state index in [1.165, 1.54) is 60.5 Å². The van der Waals surface area contributed by atoms with Gasteiger partial charge in [0, 0.05) is 41.5 Å². The van der Waals surface area contributed by atoms with Crippen LogP contribution in [0.4, 0.5) is 0 Å². The van der Waals surface area contributed by atoms with Gasteiger partial charge in [0.25, 0.3) is 0 Å². The lowest BCUT2D eigenvalue weighted by atomic mass is 9.85. The SMILES string of the molecule is c1ccc2cc3c(ccc4c(-c5c6ccccc6c(-c6ncc(-c7cncnc7)cn6)c6ccccc56)cccc43)cc2c1. The van der Waals surface area contributed by atoms with Crippen LogP contribution in [0.25, 0.3) is 87.5 Å². The van der Waals surface area contributed by atoms with Crippen molar-refractivity contribution in [2.45, 2.75) is 0 Å². The van der Waals surface area contributed by atoms with Crippen molar-refractivity contribution in [2.24, 2.45) is 0 Å². The molecule has 2 heterocycles. The summed E-state index contributed by atoms with van der Waals surface area (Å²) in [4.78, 5) is 18.0. The molecule has 0 aliphatic rings. The summed E-state index contributed by atoms with van der Waals surface area (Å²) in [6.07, 6.45) is 8.80. The smallest absolute Gasteiger partial charge is 0.160 e. The standard InChI is InChI=1S/C40H24N4/c1-2-9-26-19-37-27(18-25(26)8-1)16-17-31-30(37)14-7-15-32(31)38-33-10-3-5-12-35(33)39(36-13-6-4-11-34(36)38)40-43-22-29(23-44-40)28-20-41-24-42-21-28/h1-24H. The highest BCUT2D eigenvalue weighted by molar-refractivity contribution is 6.24. The van der Waals surface area contributed by atoms with E-state index in [1.54, 1.807) is 12.4 Å². The van der Waals surface area contributed by atoms with Gasteiger partial charge in [0.2, 0.25) is 0 Å². The Morgan fingerprint density at radius 2 is 0.932 bits per heavy atom. The van der Waals surface area contributed by atoms with Crippen molar-refractivity contribution in [1.82, 2.24) is 19.9 Å². The number of hydrogen-bond donors (Lipinski definition) is 0. The van der Waals surface area contributed by atoms with Gasteiger partial charge in [0.1, 0.15) is 6.33 Å². The van der Waals surface area contributed by atoms with Gasteiger partial charge in [-0.3, -0.25) is 0 Å².